The third-order valence-electron chi connectivity index (χ3n) is 6.11. The summed E-state index contributed by atoms with van der Waals surface area (Å²) in [7, 11) is 0. The molecule has 2 N–H and O–H groups in total. The van der Waals surface area contributed by atoms with Gasteiger partial charge in [0.2, 0.25) is 0 Å². The molecule has 0 fully saturated rings. The van der Waals surface area contributed by atoms with E-state index in [-0.39, 0.29) is 12.1 Å². The zero-order chi connectivity index (χ0) is 23.1. The van der Waals surface area contributed by atoms with Crippen LogP contribution in [0.15, 0.2) is 48.5 Å². The van der Waals surface area contributed by atoms with Gasteiger partial charge < -0.3 is 15.4 Å². The summed E-state index contributed by atoms with van der Waals surface area (Å²) >= 11 is 7.75. The Labute approximate surface area is 201 Å². The van der Waals surface area contributed by atoms with Crippen molar-refractivity contribution in [3.63, 3.8) is 0 Å². The number of esters is 1. The van der Waals surface area contributed by atoms with Gasteiger partial charge in [0.05, 0.1) is 16.1 Å². The number of nitrogens with zero attached hydrogens (tertiary/aromatic N) is 1. The number of amides is 1. The third kappa shape index (κ3) is 4.24. The van der Waals surface area contributed by atoms with Crippen molar-refractivity contribution in [3.8, 4) is 5.75 Å². The highest BCUT2D eigenvalue weighted by atomic mass is 35.5. The van der Waals surface area contributed by atoms with E-state index in [2.05, 4.69) is 29.4 Å². The van der Waals surface area contributed by atoms with Crippen LogP contribution >= 0.6 is 22.9 Å². The Balaban J connectivity index is 1.31. The highest BCUT2D eigenvalue weighted by Gasteiger charge is 2.33. The Morgan fingerprint density at radius 2 is 1.91 bits per heavy atom. The first-order chi connectivity index (χ1) is 15.9. The minimum Gasteiger partial charge on any atom is -0.423 e. The molecule has 8 heteroatoms. The average molecular weight is 482 g/mol. The highest BCUT2D eigenvalue weighted by Crippen LogP contribution is 2.41. The molecule has 3 heterocycles. The molecule has 0 aliphatic carbocycles. The van der Waals surface area contributed by atoms with Gasteiger partial charge in [0.1, 0.15) is 16.9 Å². The van der Waals surface area contributed by atoms with E-state index in [1.165, 1.54) is 10.4 Å². The smallest absolute Gasteiger partial charge is 0.345 e. The lowest BCUT2D eigenvalue weighted by Gasteiger charge is -2.31. The van der Waals surface area contributed by atoms with E-state index in [0.29, 0.717) is 22.4 Å². The number of carbonyl (C=O) groups is 2. The molecule has 3 aromatic rings. The molecule has 1 atom stereocenters. The molecule has 0 saturated heterocycles. The maximum absolute atomic E-state index is 13.0. The van der Waals surface area contributed by atoms with Crippen molar-refractivity contribution in [1.82, 2.24) is 10.2 Å². The van der Waals surface area contributed by atoms with Gasteiger partial charge in [-0.15, -0.1) is 11.3 Å². The van der Waals surface area contributed by atoms with Gasteiger partial charge in [0, 0.05) is 24.0 Å². The van der Waals surface area contributed by atoms with Crippen LogP contribution in [0.4, 0.5) is 5.00 Å². The second kappa shape index (κ2) is 8.82. The maximum Gasteiger partial charge on any atom is 0.345 e. The van der Waals surface area contributed by atoms with Crippen LogP contribution in [0.5, 0.6) is 5.75 Å². The zero-order valence-electron chi connectivity index (χ0n) is 18.4. The molecule has 0 bridgehead atoms. The SMILES string of the molecule is CC(C)N1CCc2c(sc3c2C(=O)NC(c2ccc(OC(=O)c4ccccc4Cl)cc2)N3)C1. The Morgan fingerprint density at radius 3 is 2.64 bits per heavy atom. The summed E-state index contributed by atoms with van der Waals surface area (Å²) in [5.41, 5.74) is 3.16. The number of halogens is 1. The van der Waals surface area contributed by atoms with Gasteiger partial charge in [0.15, 0.2) is 0 Å². The number of benzene rings is 2. The normalized spacial score (nSPS) is 17.7. The largest absolute Gasteiger partial charge is 0.423 e. The fourth-order valence-electron chi connectivity index (χ4n) is 4.26. The van der Waals surface area contributed by atoms with Crippen LogP contribution in [0, 0.1) is 0 Å². The molecule has 2 aromatic carbocycles. The molecule has 170 valence electrons. The van der Waals surface area contributed by atoms with Gasteiger partial charge in [-0.25, -0.2) is 4.79 Å². The van der Waals surface area contributed by atoms with E-state index in [0.717, 1.165) is 35.6 Å². The van der Waals surface area contributed by atoms with E-state index in [1.807, 2.05) is 12.1 Å². The van der Waals surface area contributed by atoms with Crippen LogP contribution in [-0.2, 0) is 13.0 Å². The Kier molecular flexibility index (Phi) is 5.86. The van der Waals surface area contributed by atoms with E-state index >= 15 is 0 Å². The fraction of sp³-hybridized carbons (Fsp3) is 0.280. The summed E-state index contributed by atoms with van der Waals surface area (Å²) < 4.78 is 5.45. The first kappa shape index (κ1) is 21.9. The fourth-order valence-corrected chi connectivity index (χ4v) is 5.77. The monoisotopic (exact) mass is 481 g/mol. The molecule has 2 aliphatic heterocycles. The molecule has 6 nitrogen and oxygen atoms in total. The molecular weight excluding hydrogens is 458 g/mol. The second-order valence-electron chi connectivity index (χ2n) is 8.51. The third-order valence-corrected chi connectivity index (χ3v) is 7.59. The molecule has 33 heavy (non-hydrogen) atoms. The number of carbonyl (C=O) groups excluding carboxylic acids is 2. The van der Waals surface area contributed by atoms with Crippen LogP contribution in [0.3, 0.4) is 0 Å². The van der Waals surface area contributed by atoms with Gasteiger partial charge in [0.25, 0.3) is 5.91 Å². The number of hydrogen-bond donors (Lipinski definition) is 2. The van der Waals surface area contributed by atoms with Crippen LogP contribution in [0.25, 0.3) is 0 Å². The number of nitrogens with one attached hydrogen (secondary N) is 2. The first-order valence-corrected chi connectivity index (χ1v) is 12.1. The van der Waals surface area contributed by atoms with Gasteiger partial charge in [-0.3, -0.25) is 9.69 Å². The van der Waals surface area contributed by atoms with Crippen molar-refractivity contribution in [2.75, 3.05) is 11.9 Å². The Morgan fingerprint density at radius 1 is 1.15 bits per heavy atom. The summed E-state index contributed by atoms with van der Waals surface area (Å²) in [4.78, 5) is 29.1. The lowest BCUT2D eigenvalue weighted by molar-refractivity contribution is 0.0734. The minimum atomic E-state index is -0.512. The van der Waals surface area contributed by atoms with Gasteiger partial charge in [-0.05, 0) is 55.7 Å². The van der Waals surface area contributed by atoms with Crippen molar-refractivity contribution >= 4 is 39.8 Å². The van der Waals surface area contributed by atoms with Crippen LogP contribution in [-0.4, -0.2) is 29.4 Å². The number of ether oxygens (including phenoxy) is 1. The molecule has 1 amide bonds. The van der Waals surface area contributed by atoms with Crippen molar-refractivity contribution in [2.45, 2.75) is 39.0 Å². The van der Waals surface area contributed by atoms with Crippen molar-refractivity contribution in [2.24, 2.45) is 0 Å². The predicted octanol–water partition coefficient (Wildman–Crippen LogP) is 5.24. The van der Waals surface area contributed by atoms with E-state index in [9.17, 15) is 9.59 Å². The first-order valence-electron chi connectivity index (χ1n) is 10.9. The predicted molar refractivity (Wildman–Crippen MR) is 130 cm³/mol. The minimum absolute atomic E-state index is 0.0431. The molecular formula is C25H24ClN3O3S. The van der Waals surface area contributed by atoms with Crippen LogP contribution in [0.1, 0.15) is 56.7 Å². The highest BCUT2D eigenvalue weighted by molar-refractivity contribution is 7.16. The van der Waals surface area contributed by atoms with E-state index < -0.39 is 5.97 Å². The molecule has 0 radical (unpaired) electrons. The number of thiophene rings is 1. The number of hydrogen-bond acceptors (Lipinski definition) is 6. The second-order valence-corrected chi connectivity index (χ2v) is 10.0. The number of anilines is 1. The van der Waals surface area contributed by atoms with E-state index in [4.69, 9.17) is 16.3 Å². The number of rotatable bonds is 4. The summed E-state index contributed by atoms with van der Waals surface area (Å²) in [5, 5.41) is 7.82. The molecule has 5 rings (SSSR count). The van der Waals surface area contributed by atoms with Crippen molar-refractivity contribution in [3.05, 3.63) is 80.7 Å². The van der Waals surface area contributed by atoms with Crippen LogP contribution in [0.2, 0.25) is 5.02 Å². The molecule has 0 saturated carbocycles. The topological polar surface area (TPSA) is 70.7 Å². The molecule has 1 unspecified atom stereocenters. The lowest BCUT2D eigenvalue weighted by atomic mass is 9.99. The Bertz CT molecular complexity index is 1220. The average Bonchev–Trinajstić information content (AvgIpc) is 3.18. The van der Waals surface area contributed by atoms with E-state index in [1.54, 1.807) is 47.7 Å². The van der Waals surface area contributed by atoms with Crippen LogP contribution < -0.4 is 15.4 Å². The van der Waals surface area contributed by atoms with Crippen molar-refractivity contribution in [1.29, 1.82) is 0 Å². The standard InChI is InChI=1S/C25H24ClN3O3S/c1-14(2)29-12-11-18-20(13-29)33-24-21(18)23(30)27-22(28-24)15-7-9-16(10-8-15)32-25(31)17-5-3-4-6-19(17)26/h3-10,14,22,28H,11-13H2,1-2H3,(H,27,30). The summed E-state index contributed by atoms with van der Waals surface area (Å²) in [5.74, 6) is -0.146. The summed E-state index contributed by atoms with van der Waals surface area (Å²) in [6.45, 7) is 6.26. The maximum atomic E-state index is 13.0. The van der Waals surface area contributed by atoms with Gasteiger partial charge >= 0.3 is 5.97 Å². The Hall–Kier alpha value is -2.87. The zero-order valence-corrected chi connectivity index (χ0v) is 19.9. The van der Waals surface area contributed by atoms with Gasteiger partial charge in [-0.2, -0.15) is 0 Å². The van der Waals surface area contributed by atoms with Gasteiger partial charge in [-0.1, -0.05) is 35.9 Å². The summed E-state index contributed by atoms with van der Waals surface area (Å²) in [6, 6.07) is 14.4. The molecule has 0 spiro atoms. The lowest BCUT2D eigenvalue weighted by Crippen LogP contribution is -2.39. The summed E-state index contributed by atoms with van der Waals surface area (Å²) in [6.07, 6.45) is 0.546. The quantitative estimate of drug-likeness (QED) is 0.394. The molecule has 1 aromatic heterocycles. The molecule has 2 aliphatic rings. The van der Waals surface area contributed by atoms with Crippen molar-refractivity contribution < 1.29 is 14.3 Å². The number of fused-ring (bicyclic) bond motifs is 3.